The molecule has 0 aliphatic carbocycles. The van der Waals surface area contributed by atoms with Crippen LogP contribution in [0.15, 0.2) is 82.6 Å². The molecule has 3 rings (SSSR count). The standard InChI is InChI=1S/C24H25NO5S/c1-2-30-24(27)22-13-12-21(16-23(22)26)31(28,29)20-10-8-18(9-11-20)14-15-25-17-19-6-4-3-5-7-19/h3-13,16,25-26H,2,14-15,17H2,1H3. The van der Waals surface area contributed by atoms with Crippen LogP contribution in [-0.2, 0) is 27.5 Å². The monoisotopic (exact) mass is 439 g/mol. The van der Waals surface area contributed by atoms with E-state index in [9.17, 15) is 18.3 Å². The third-order valence-corrected chi connectivity index (χ3v) is 6.54. The van der Waals surface area contributed by atoms with Gasteiger partial charge >= 0.3 is 5.97 Å². The lowest BCUT2D eigenvalue weighted by atomic mass is 10.1. The third kappa shape index (κ3) is 5.71. The Balaban J connectivity index is 1.64. The third-order valence-electron chi connectivity index (χ3n) is 4.77. The summed E-state index contributed by atoms with van der Waals surface area (Å²) in [7, 11) is -3.82. The van der Waals surface area contributed by atoms with Crippen molar-refractivity contribution in [2.24, 2.45) is 0 Å². The van der Waals surface area contributed by atoms with Gasteiger partial charge in [0.25, 0.3) is 0 Å². The van der Waals surface area contributed by atoms with Crippen LogP contribution in [0.2, 0.25) is 0 Å². The highest BCUT2D eigenvalue weighted by molar-refractivity contribution is 7.91. The van der Waals surface area contributed by atoms with Crippen molar-refractivity contribution in [2.45, 2.75) is 29.7 Å². The second kappa shape index (κ2) is 10.2. The molecule has 0 spiro atoms. The molecule has 7 heteroatoms. The zero-order valence-corrected chi connectivity index (χ0v) is 18.1. The van der Waals surface area contributed by atoms with Crippen LogP contribution in [0.3, 0.4) is 0 Å². The van der Waals surface area contributed by atoms with E-state index in [-0.39, 0.29) is 22.0 Å². The Labute approximate surface area is 182 Å². The lowest BCUT2D eigenvalue weighted by molar-refractivity contribution is 0.0523. The summed E-state index contributed by atoms with van der Waals surface area (Å²) in [6, 6.07) is 20.4. The van der Waals surface area contributed by atoms with Crippen LogP contribution in [0.5, 0.6) is 5.75 Å². The summed E-state index contributed by atoms with van der Waals surface area (Å²) in [5, 5.41) is 13.4. The van der Waals surface area contributed by atoms with Gasteiger partial charge in [0.15, 0.2) is 0 Å². The quantitative estimate of drug-likeness (QED) is 0.390. The van der Waals surface area contributed by atoms with E-state index in [1.807, 2.05) is 18.2 Å². The number of rotatable bonds is 9. The maximum absolute atomic E-state index is 12.9. The van der Waals surface area contributed by atoms with Crippen molar-refractivity contribution in [1.82, 2.24) is 5.32 Å². The van der Waals surface area contributed by atoms with Crippen LogP contribution < -0.4 is 5.32 Å². The summed E-state index contributed by atoms with van der Waals surface area (Å²) >= 11 is 0. The molecule has 2 N–H and O–H groups in total. The Morgan fingerprint density at radius 2 is 1.61 bits per heavy atom. The molecule has 0 aromatic heterocycles. The van der Waals surface area contributed by atoms with Crippen LogP contribution in [0, 0.1) is 0 Å². The van der Waals surface area contributed by atoms with E-state index >= 15 is 0 Å². The Kier molecular flexibility index (Phi) is 7.44. The van der Waals surface area contributed by atoms with Gasteiger partial charge in [-0.2, -0.15) is 0 Å². The lowest BCUT2D eigenvalue weighted by Crippen LogP contribution is -2.16. The maximum Gasteiger partial charge on any atom is 0.341 e. The van der Waals surface area contributed by atoms with Crippen molar-refractivity contribution < 1.29 is 23.1 Å². The predicted octanol–water partition coefficient (Wildman–Crippen LogP) is 3.73. The van der Waals surface area contributed by atoms with E-state index < -0.39 is 21.6 Å². The zero-order chi connectivity index (χ0) is 22.3. The average Bonchev–Trinajstić information content (AvgIpc) is 2.78. The van der Waals surface area contributed by atoms with Crippen molar-refractivity contribution in [3.8, 4) is 5.75 Å². The molecule has 0 aliphatic heterocycles. The Morgan fingerprint density at radius 1 is 0.935 bits per heavy atom. The first-order valence-corrected chi connectivity index (χ1v) is 11.5. The number of hydrogen-bond acceptors (Lipinski definition) is 6. The molecule has 0 unspecified atom stereocenters. The molecular formula is C24H25NO5S. The second-order valence-electron chi connectivity index (χ2n) is 6.96. The summed E-state index contributed by atoms with van der Waals surface area (Å²) in [5.41, 5.74) is 2.15. The predicted molar refractivity (Wildman–Crippen MR) is 118 cm³/mol. The first kappa shape index (κ1) is 22.5. The SMILES string of the molecule is CCOC(=O)c1ccc(S(=O)(=O)c2ccc(CCNCc3ccccc3)cc2)cc1O. The van der Waals surface area contributed by atoms with Crippen molar-refractivity contribution in [2.75, 3.05) is 13.2 Å². The molecule has 0 heterocycles. The van der Waals surface area contributed by atoms with Crippen molar-refractivity contribution in [3.05, 3.63) is 89.5 Å². The number of sulfone groups is 1. The number of phenolic OH excluding ortho intramolecular Hbond substituents is 1. The summed E-state index contributed by atoms with van der Waals surface area (Å²) in [4.78, 5) is 11.8. The number of ether oxygens (including phenoxy) is 1. The molecular weight excluding hydrogens is 414 g/mol. The molecule has 162 valence electrons. The average molecular weight is 440 g/mol. The Hall–Kier alpha value is -3.16. The minimum atomic E-state index is -3.82. The first-order chi connectivity index (χ1) is 14.9. The van der Waals surface area contributed by atoms with Gasteiger partial charge in [0.1, 0.15) is 11.3 Å². The number of hydrogen-bond donors (Lipinski definition) is 2. The lowest BCUT2D eigenvalue weighted by Gasteiger charge is -2.09. The van der Waals surface area contributed by atoms with Gasteiger partial charge in [0.2, 0.25) is 9.84 Å². The van der Waals surface area contributed by atoms with Crippen LogP contribution in [-0.4, -0.2) is 32.6 Å². The molecule has 6 nitrogen and oxygen atoms in total. The van der Waals surface area contributed by atoms with E-state index in [1.54, 1.807) is 31.2 Å². The van der Waals surface area contributed by atoms with E-state index in [0.717, 1.165) is 31.1 Å². The molecule has 0 saturated heterocycles. The summed E-state index contributed by atoms with van der Waals surface area (Å²) in [5.74, 6) is -1.13. The van der Waals surface area contributed by atoms with Crippen molar-refractivity contribution >= 4 is 15.8 Å². The molecule has 0 aliphatic rings. The largest absolute Gasteiger partial charge is 0.507 e. The molecule has 0 saturated carbocycles. The van der Waals surface area contributed by atoms with Gasteiger partial charge in [-0.3, -0.25) is 0 Å². The highest BCUT2D eigenvalue weighted by Crippen LogP contribution is 2.27. The molecule has 31 heavy (non-hydrogen) atoms. The summed E-state index contributed by atoms with van der Waals surface area (Å²) in [6.07, 6.45) is 0.766. The fourth-order valence-electron chi connectivity index (χ4n) is 3.09. The minimum Gasteiger partial charge on any atom is -0.507 e. The van der Waals surface area contributed by atoms with E-state index in [4.69, 9.17) is 4.74 Å². The zero-order valence-electron chi connectivity index (χ0n) is 17.2. The number of aromatic hydroxyl groups is 1. The van der Waals surface area contributed by atoms with E-state index in [1.165, 1.54) is 17.7 Å². The first-order valence-electron chi connectivity index (χ1n) is 10.0. The number of esters is 1. The van der Waals surface area contributed by atoms with Crippen LogP contribution in [0.1, 0.15) is 28.4 Å². The molecule has 0 amide bonds. The van der Waals surface area contributed by atoms with Gasteiger partial charge in [-0.1, -0.05) is 42.5 Å². The number of carbonyl (C=O) groups is 1. The van der Waals surface area contributed by atoms with Crippen molar-refractivity contribution in [3.63, 3.8) is 0 Å². The van der Waals surface area contributed by atoms with Gasteiger partial charge in [0, 0.05) is 6.54 Å². The van der Waals surface area contributed by atoms with Crippen LogP contribution >= 0.6 is 0 Å². The molecule has 0 bridgehead atoms. The number of phenols is 1. The number of nitrogens with one attached hydrogen (secondary N) is 1. The molecule has 0 atom stereocenters. The number of carbonyl (C=O) groups excluding carboxylic acids is 1. The topological polar surface area (TPSA) is 92.7 Å². The van der Waals surface area contributed by atoms with E-state index in [0.29, 0.717) is 0 Å². The van der Waals surface area contributed by atoms with Gasteiger partial charge in [0.05, 0.1) is 16.4 Å². The number of benzene rings is 3. The highest BCUT2D eigenvalue weighted by atomic mass is 32.2. The van der Waals surface area contributed by atoms with Gasteiger partial charge in [-0.15, -0.1) is 0 Å². The Bertz CT molecular complexity index is 1130. The smallest absolute Gasteiger partial charge is 0.341 e. The highest BCUT2D eigenvalue weighted by Gasteiger charge is 2.21. The molecule has 3 aromatic rings. The van der Waals surface area contributed by atoms with Gasteiger partial charge < -0.3 is 15.2 Å². The fourth-order valence-corrected chi connectivity index (χ4v) is 4.37. The molecule has 0 radical (unpaired) electrons. The van der Waals surface area contributed by atoms with Crippen LogP contribution in [0.4, 0.5) is 0 Å². The van der Waals surface area contributed by atoms with Gasteiger partial charge in [-0.25, -0.2) is 13.2 Å². The van der Waals surface area contributed by atoms with Gasteiger partial charge in [-0.05, 0) is 61.3 Å². The molecule has 0 fully saturated rings. The normalized spacial score (nSPS) is 11.3. The maximum atomic E-state index is 12.9. The fraction of sp³-hybridized carbons (Fsp3) is 0.208. The van der Waals surface area contributed by atoms with Crippen molar-refractivity contribution in [1.29, 1.82) is 0 Å². The molecule has 3 aromatic carbocycles. The van der Waals surface area contributed by atoms with Crippen LogP contribution in [0.25, 0.3) is 0 Å². The minimum absolute atomic E-state index is 0.0702. The second-order valence-corrected chi connectivity index (χ2v) is 8.91. The van der Waals surface area contributed by atoms with E-state index in [2.05, 4.69) is 17.4 Å². The Morgan fingerprint density at radius 3 is 2.26 bits per heavy atom. The summed E-state index contributed by atoms with van der Waals surface area (Å²) in [6.45, 7) is 3.35. The summed E-state index contributed by atoms with van der Waals surface area (Å²) < 4.78 is 30.6.